The third-order valence-electron chi connectivity index (χ3n) is 6.43. The van der Waals surface area contributed by atoms with Gasteiger partial charge in [0.15, 0.2) is 0 Å². The molecule has 0 aromatic heterocycles. The number of hydrogen-bond acceptors (Lipinski definition) is 3. The van der Waals surface area contributed by atoms with E-state index < -0.39 is 41.2 Å². The Kier molecular flexibility index (Phi) is 5.35. The van der Waals surface area contributed by atoms with Crippen LogP contribution in [0.25, 0.3) is 6.08 Å². The van der Waals surface area contributed by atoms with Crippen molar-refractivity contribution >= 4 is 29.5 Å². The van der Waals surface area contributed by atoms with E-state index in [2.05, 4.69) is 5.32 Å². The molecule has 2 fully saturated rings. The quantitative estimate of drug-likeness (QED) is 0.773. The molecule has 31 heavy (non-hydrogen) atoms. The molecule has 1 aliphatic carbocycles. The molecule has 4 unspecified atom stereocenters. The maximum Gasteiger partial charge on any atom is 0.329 e. The second kappa shape index (κ2) is 7.98. The highest BCUT2D eigenvalue weighted by Crippen LogP contribution is 2.51. The van der Waals surface area contributed by atoms with Crippen molar-refractivity contribution in [2.45, 2.75) is 31.3 Å². The van der Waals surface area contributed by atoms with Gasteiger partial charge in [0.05, 0.1) is 6.04 Å². The molecule has 2 N–H and O–H groups in total. The smallest absolute Gasteiger partial charge is 0.329 e. The second-order valence-corrected chi connectivity index (χ2v) is 8.16. The van der Waals surface area contributed by atoms with Crippen LogP contribution >= 0.6 is 0 Å². The van der Waals surface area contributed by atoms with Crippen molar-refractivity contribution in [3.63, 3.8) is 0 Å². The van der Waals surface area contributed by atoms with Gasteiger partial charge in [-0.25, -0.2) is 14.0 Å². The number of carbonyl (C=O) groups excluding carboxylic acids is 2. The number of nitrogens with zero attached hydrogens (tertiary/aromatic N) is 1. The fourth-order valence-corrected chi connectivity index (χ4v) is 4.88. The predicted octanol–water partition coefficient (Wildman–Crippen LogP) is 4.19. The molecule has 2 aromatic carbocycles. The number of amides is 2. The van der Waals surface area contributed by atoms with E-state index in [0.29, 0.717) is 18.5 Å². The molecule has 1 saturated heterocycles. The van der Waals surface area contributed by atoms with Crippen molar-refractivity contribution in [2.24, 2.45) is 11.8 Å². The predicted molar refractivity (Wildman–Crippen MR) is 114 cm³/mol. The van der Waals surface area contributed by atoms with E-state index in [1.807, 2.05) is 30.3 Å². The third-order valence-corrected chi connectivity index (χ3v) is 6.43. The number of hydrogen-bond donors (Lipinski definition) is 2. The number of benzene rings is 2. The van der Waals surface area contributed by atoms with Gasteiger partial charge in [0, 0.05) is 23.9 Å². The van der Waals surface area contributed by atoms with Crippen LogP contribution in [0, 0.1) is 17.7 Å². The molecule has 0 bridgehead atoms. The number of halogens is 1. The van der Waals surface area contributed by atoms with E-state index >= 15 is 0 Å². The highest BCUT2D eigenvalue weighted by atomic mass is 19.1. The van der Waals surface area contributed by atoms with Gasteiger partial charge in [-0.3, -0.25) is 4.79 Å². The Morgan fingerprint density at radius 3 is 2.48 bits per heavy atom. The van der Waals surface area contributed by atoms with Gasteiger partial charge in [-0.15, -0.1) is 0 Å². The molecule has 2 amide bonds. The summed E-state index contributed by atoms with van der Waals surface area (Å²) in [6.07, 6.45) is 4.28. The average molecular weight is 422 g/mol. The molecule has 4 rings (SSSR count). The van der Waals surface area contributed by atoms with Crippen molar-refractivity contribution in [1.29, 1.82) is 0 Å². The zero-order valence-corrected chi connectivity index (χ0v) is 17.0. The fourth-order valence-electron chi connectivity index (χ4n) is 4.88. The lowest BCUT2D eigenvalue weighted by Crippen LogP contribution is -2.57. The molecule has 2 aliphatic rings. The molecule has 7 heteroatoms. The number of nitrogens with one attached hydrogen (secondary N) is 1. The van der Waals surface area contributed by atoms with E-state index in [4.69, 9.17) is 0 Å². The largest absolute Gasteiger partial charge is 0.479 e. The lowest BCUT2D eigenvalue weighted by atomic mass is 9.81. The van der Waals surface area contributed by atoms with Crippen LogP contribution in [0.5, 0.6) is 0 Å². The first-order chi connectivity index (χ1) is 14.8. The Balaban J connectivity index is 1.73. The Hall–Kier alpha value is -3.48. The van der Waals surface area contributed by atoms with Crippen LogP contribution in [0.1, 0.15) is 25.3 Å². The lowest BCUT2D eigenvalue weighted by molar-refractivity contribution is -0.149. The number of Topliss-reactive ketones (excluding diaryl/α,β-unsaturated/α-hetero) is 1. The Morgan fingerprint density at radius 2 is 1.84 bits per heavy atom. The van der Waals surface area contributed by atoms with Crippen LogP contribution in [0.15, 0.2) is 60.7 Å². The van der Waals surface area contributed by atoms with Crippen LogP contribution in [0.3, 0.4) is 0 Å². The number of carboxylic acid groups (broad SMARTS) is 1. The van der Waals surface area contributed by atoms with Gasteiger partial charge in [0.2, 0.25) is 0 Å². The van der Waals surface area contributed by atoms with Crippen molar-refractivity contribution in [2.75, 3.05) is 5.32 Å². The van der Waals surface area contributed by atoms with Crippen molar-refractivity contribution in [1.82, 2.24) is 4.90 Å². The summed E-state index contributed by atoms with van der Waals surface area (Å²) in [7, 11) is 0. The number of ketones is 1. The van der Waals surface area contributed by atoms with Crippen LogP contribution in [0.2, 0.25) is 0 Å². The number of anilines is 1. The van der Waals surface area contributed by atoms with E-state index in [1.54, 1.807) is 12.2 Å². The van der Waals surface area contributed by atoms with Crippen molar-refractivity contribution in [3.8, 4) is 0 Å². The van der Waals surface area contributed by atoms with Gasteiger partial charge in [-0.1, -0.05) is 42.5 Å². The van der Waals surface area contributed by atoms with Crippen LogP contribution in [0.4, 0.5) is 14.9 Å². The summed E-state index contributed by atoms with van der Waals surface area (Å²) in [6, 6.07) is 13.3. The average Bonchev–Trinajstić information content (AvgIpc) is 3.26. The number of urea groups is 1. The van der Waals surface area contributed by atoms with Gasteiger partial charge < -0.3 is 15.3 Å². The number of carboxylic acids is 1. The zero-order valence-electron chi connectivity index (χ0n) is 17.0. The summed E-state index contributed by atoms with van der Waals surface area (Å²) in [6.45, 7) is 1.51. The minimum absolute atomic E-state index is 0.0303. The van der Waals surface area contributed by atoms with E-state index in [-0.39, 0.29) is 5.78 Å². The zero-order chi connectivity index (χ0) is 22.2. The molecular formula is C24H23FN2O4. The van der Waals surface area contributed by atoms with Crippen LogP contribution in [-0.4, -0.2) is 39.4 Å². The number of carbonyl (C=O) groups is 3. The third kappa shape index (κ3) is 3.60. The summed E-state index contributed by atoms with van der Waals surface area (Å²) in [4.78, 5) is 39.7. The first-order valence-corrected chi connectivity index (χ1v) is 10.2. The molecule has 2 aromatic rings. The van der Waals surface area contributed by atoms with Gasteiger partial charge in [-0.2, -0.15) is 0 Å². The molecule has 0 spiro atoms. The van der Waals surface area contributed by atoms with Crippen molar-refractivity contribution < 1.29 is 23.9 Å². The highest BCUT2D eigenvalue weighted by molar-refractivity contribution is 5.98. The van der Waals surface area contributed by atoms with Gasteiger partial charge in [0.25, 0.3) is 0 Å². The van der Waals surface area contributed by atoms with Gasteiger partial charge >= 0.3 is 12.0 Å². The Bertz CT molecular complexity index is 1040. The SMILES string of the molecule is CC1(C(=O)O)C2CCC(=O)C2C(C=Cc2ccccc2)N1C(=O)Nc1ccc(F)cc1. The topological polar surface area (TPSA) is 86.7 Å². The number of fused-ring (bicyclic) bond motifs is 1. The first kappa shape index (κ1) is 20.8. The minimum atomic E-state index is -1.55. The Labute approximate surface area is 179 Å². The van der Waals surface area contributed by atoms with Gasteiger partial charge in [0.1, 0.15) is 17.1 Å². The molecular weight excluding hydrogens is 399 g/mol. The monoisotopic (exact) mass is 422 g/mol. The molecule has 1 saturated carbocycles. The normalized spacial score (nSPS) is 27.5. The van der Waals surface area contributed by atoms with Crippen molar-refractivity contribution in [3.05, 3.63) is 72.1 Å². The van der Waals surface area contributed by atoms with Crippen LogP contribution < -0.4 is 5.32 Å². The molecule has 160 valence electrons. The van der Waals surface area contributed by atoms with E-state index in [1.165, 1.54) is 36.1 Å². The summed E-state index contributed by atoms with van der Waals surface area (Å²) in [5, 5.41) is 12.8. The molecule has 1 heterocycles. The Morgan fingerprint density at radius 1 is 1.16 bits per heavy atom. The minimum Gasteiger partial charge on any atom is -0.479 e. The number of likely N-dealkylation sites (tertiary alicyclic amines) is 1. The number of rotatable bonds is 4. The summed E-state index contributed by atoms with van der Waals surface area (Å²) in [5.74, 6) is -2.69. The summed E-state index contributed by atoms with van der Waals surface area (Å²) < 4.78 is 13.2. The summed E-state index contributed by atoms with van der Waals surface area (Å²) >= 11 is 0. The maximum absolute atomic E-state index is 13.3. The lowest BCUT2D eigenvalue weighted by Gasteiger charge is -2.37. The molecule has 0 radical (unpaired) electrons. The van der Waals surface area contributed by atoms with Gasteiger partial charge in [-0.05, 0) is 43.2 Å². The van der Waals surface area contributed by atoms with E-state index in [0.717, 1.165) is 5.56 Å². The van der Waals surface area contributed by atoms with E-state index in [9.17, 15) is 23.9 Å². The maximum atomic E-state index is 13.3. The molecule has 1 aliphatic heterocycles. The van der Waals surface area contributed by atoms with Crippen LogP contribution in [-0.2, 0) is 9.59 Å². The fraction of sp³-hybridized carbons (Fsp3) is 0.292. The highest BCUT2D eigenvalue weighted by Gasteiger charge is 2.65. The standard InChI is InChI=1S/C24H23FN2O4/c1-24(22(29)30)18-12-14-20(28)21(18)19(13-7-15-5-3-2-4-6-15)27(24)23(31)26-17-10-8-16(25)9-11-17/h2-11,13,18-19,21H,12,14H2,1H3,(H,26,31)(H,29,30). The summed E-state index contributed by atoms with van der Waals surface area (Å²) in [5.41, 5.74) is -0.326. The number of aliphatic carboxylic acids is 1. The first-order valence-electron chi connectivity index (χ1n) is 10.2. The second-order valence-electron chi connectivity index (χ2n) is 8.16. The molecule has 6 nitrogen and oxygen atoms in total. The molecule has 4 atom stereocenters.